The number of methoxy groups -OCH3 is 1. The van der Waals surface area contributed by atoms with Gasteiger partial charge in [0.25, 0.3) is 5.91 Å². The molecule has 35 heavy (non-hydrogen) atoms. The van der Waals surface area contributed by atoms with E-state index in [0.717, 1.165) is 31.2 Å². The Labute approximate surface area is 205 Å². The summed E-state index contributed by atoms with van der Waals surface area (Å²) >= 11 is 0. The van der Waals surface area contributed by atoms with Gasteiger partial charge >= 0.3 is 0 Å². The van der Waals surface area contributed by atoms with Crippen LogP contribution in [0.3, 0.4) is 0 Å². The Hall–Kier alpha value is -3.95. The van der Waals surface area contributed by atoms with Crippen molar-refractivity contribution in [1.29, 1.82) is 0 Å². The summed E-state index contributed by atoms with van der Waals surface area (Å²) in [4.78, 5) is 29.2. The molecule has 1 aliphatic carbocycles. The standard InChI is InChI=1S/C25H32N6O4/c1-17-14-19(12-13-20(17)29-30-21-10-6-7-11-22(21)34-2)28-25(33)16-35-31-23(26)15-24(32)27-18-8-4-3-5-9-18/h6-7,10-14,18H,3-5,8-9,15-16H2,1-2H3,(H2,26,31)(H,27,32)(H,28,33). The number of amidine groups is 1. The van der Waals surface area contributed by atoms with Crippen molar-refractivity contribution in [2.45, 2.75) is 51.5 Å². The maximum atomic E-state index is 12.2. The van der Waals surface area contributed by atoms with Crippen LogP contribution < -0.4 is 21.1 Å². The lowest BCUT2D eigenvalue weighted by atomic mass is 9.95. The highest BCUT2D eigenvalue weighted by molar-refractivity contribution is 5.99. The first-order valence-corrected chi connectivity index (χ1v) is 11.6. The first-order chi connectivity index (χ1) is 16.9. The number of carbonyl (C=O) groups is 2. The number of azo groups is 1. The van der Waals surface area contributed by atoms with Gasteiger partial charge in [0.2, 0.25) is 5.91 Å². The smallest absolute Gasteiger partial charge is 0.265 e. The highest BCUT2D eigenvalue weighted by Crippen LogP contribution is 2.30. The van der Waals surface area contributed by atoms with Crippen molar-refractivity contribution >= 4 is 34.7 Å². The van der Waals surface area contributed by atoms with Gasteiger partial charge in [-0.25, -0.2) is 0 Å². The van der Waals surface area contributed by atoms with E-state index in [1.54, 1.807) is 25.3 Å². The van der Waals surface area contributed by atoms with Crippen molar-refractivity contribution in [3.05, 3.63) is 48.0 Å². The number of nitrogens with zero attached hydrogens (tertiary/aromatic N) is 3. The summed E-state index contributed by atoms with van der Waals surface area (Å²) in [7, 11) is 1.58. The van der Waals surface area contributed by atoms with Crippen molar-refractivity contribution in [2.24, 2.45) is 21.1 Å². The Kier molecular flexibility index (Phi) is 9.58. The van der Waals surface area contributed by atoms with Crippen molar-refractivity contribution in [2.75, 3.05) is 19.0 Å². The van der Waals surface area contributed by atoms with Gasteiger partial charge in [-0.1, -0.05) is 36.6 Å². The van der Waals surface area contributed by atoms with Gasteiger partial charge in [0, 0.05) is 11.7 Å². The van der Waals surface area contributed by atoms with Crippen LogP contribution in [0.15, 0.2) is 57.8 Å². The number of oxime groups is 1. The monoisotopic (exact) mass is 480 g/mol. The van der Waals surface area contributed by atoms with E-state index in [4.69, 9.17) is 15.3 Å². The number of benzene rings is 2. The summed E-state index contributed by atoms with van der Waals surface area (Å²) < 4.78 is 5.27. The van der Waals surface area contributed by atoms with Gasteiger partial charge in [0.1, 0.15) is 17.3 Å². The van der Waals surface area contributed by atoms with E-state index < -0.39 is 5.91 Å². The Morgan fingerprint density at radius 1 is 1.03 bits per heavy atom. The quantitative estimate of drug-likeness (QED) is 0.199. The van der Waals surface area contributed by atoms with Gasteiger partial charge in [-0.05, 0) is 55.7 Å². The number of hydrogen-bond acceptors (Lipinski definition) is 7. The fourth-order valence-corrected chi connectivity index (χ4v) is 3.76. The maximum absolute atomic E-state index is 12.2. The molecule has 3 rings (SSSR count). The van der Waals surface area contributed by atoms with E-state index in [-0.39, 0.29) is 30.8 Å². The molecule has 0 saturated heterocycles. The second-order valence-corrected chi connectivity index (χ2v) is 8.36. The summed E-state index contributed by atoms with van der Waals surface area (Å²) in [5.74, 6) is 0.0540. The second-order valence-electron chi connectivity index (χ2n) is 8.36. The zero-order valence-corrected chi connectivity index (χ0v) is 20.1. The largest absolute Gasteiger partial charge is 0.494 e. The lowest BCUT2D eigenvalue weighted by molar-refractivity contribution is -0.121. The Morgan fingerprint density at radius 3 is 2.51 bits per heavy atom. The highest BCUT2D eigenvalue weighted by Gasteiger charge is 2.16. The molecule has 4 N–H and O–H groups in total. The molecule has 2 aromatic rings. The van der Waals surface area contributed by atoms with Gasteiger partial charge in [-0.15, -0.1) is 5.11 Å². The summed E-state index contributed by atoms with van der Waals surface area (Å²) in [6.45, 7) is 1.53. The van der Waals surface area contributed by atoms with Crippen LogP contribution in [0.5, 0.6) is 5.75 Å². The normalized spacial score (nSPS) is 14.5. The van der Waals surface area contributed by atoms with Crippen LogP contribution in [0.2, 0.25) is 0 Å². The molecule has 1 saturated carbocycles. The summed E-state index contributed by atoms with van der Waals surface area (Å²) in [6, 6.07) is 12.8. The number of nitrogens with two attached hydrogens (primary N) is 1. The van der Waals surface area contributed by atoms with Crippen LogP contribution >= 0.6 is 0 Å². The maximum Gasteiger partial charge on any atom is 0.265 e. The Morgan fingerprint density at radius 2 is 1.77 bits per heavy atom. The molecule has 0 unspecified atom stereocenters. The second kappa shape index (κ2) is 13.1. The third-order valence-electron chi connectivity index (χ3n) is 5.52. The van der Waals surface area contributed by atoms with Gasteiger partial charge < -0.3 is 25.9 Å². The fourth-order valence-electron chi connectivity index (χ4n) is 3.76. The molecule has 0 atom stereocenters. The van der Waals surface area contributed by atoms with Crippen LogP contribution in [0, 0.1) is 6.92 Å². The number of nitrogens with one attached hydrogen (secondary N) is 2. The molecule has 2 amide bonds. The molecule has 10 heteroatoms. The molecule has 0 spiro atoms. The zero-order valence-electron chi connectivity index (χ0n) is 20.1. The molecule has 186 valence electrons. The van der Waals surface area contributed by atoms with Crippen molar-refractivity contribution < 1.29 is 19.2 Å². The molecular weight excluding hydrogens is 448 g/mol. The van der Waals surface area contributed by atoms with Crippen LogP contribution in [-0.2, 0) is 14.4 Å². The number of para-hydroxylation sites is 1. The van der Waals surface area contributed by atoms with Crippen LogP contribution in [0.1, 0.15) is 44.1 Å². The molecule has 1 fully saturated rings. The minimum Gasteiger partial charge on any atom is -0.494 e. The molecule has 10 nitrogen and oxygen atoms in total. The molecular formula is C25H32N6O4. The van der Waals surface area contributed by atoms with E-state index in [1.807, 2.05) is 31.2 Å². The number of rotatable bonds is 10. The SMILES string of the molecule is COc1ccccc1N=Nc1ccc(NC(=O)CON=C(N)CC(=O)NC2CCCCC2)cc1C. The molecule has 0 aliphatic heterocycles. The summed E-state index contributed by atoms with van der Waals surface area (Å²) in [6.07, 6.45) is 5.38. The lowest BCUT2D eigenvalue weighted by Crippen LogP contribution is -2.38. The Bertz CT molecular complexity index is 1080. The zero-order chi connectivity index (χ0) is 25.0. The molecule has 0 aromatic heterocycles. The van der Waals surface area contributed by atoms with Crippen LogP contribution in [0.4, 0.5) is 17.1 Å². The average molecular weight is 481 g/mol. The Balaban J connectivity index is 1.45. The highest BCUT2D eigenvalue weighted by atomic mass is 16.6. The van der Waals surface area contributed by atoms with Crippen molar-refractivity contribution in [3.63, 3.8) is 0 Å². The minimum absolute atomic E-state index is 0.0201. The van der Waals surface area contributed by atoms with Crippen LogP contribution in [-0.4, -0.2) is 37.4 Å². The minimum atomic E-state index is -0.406. The van der Waals surface area contributed by atoms with E-state index in [9.17, 15) is 9.59 Å². The first-order valence-electron chi connectivity index (χ1n) is 11.6. The summed E-state index contributed by atoms with van der Waals surface area (Å²) in [5.41, 5.74) is 8.44. The predicted octanol–water partition coefficient (Wildman–Crippen LogP) is 4.49. The van der Waals surface area contributed by atoms with E-state index in [1.165, 1.54) is 6.42 Å². The molecule has 0 heterocycles. The third-order valence-corrected chi connectivity index (χ3v) is 5.52. The molecule has 0 radical (unpaired) electrons. The number of amides is 2. The summed E-state index contributed by atoms with van der Waals surface area (Å²) in [5, 5.41) is 17.9. The van der Waals surface area contributed by atoms with Gasteiger partial charge in [0.05, 0.1) is 19.2 Å². The predicted molar refractivity (Wildman–Crippen MR) is 134 cm³/mol. The number of carbonyl (C=O) groups excluding carboxylic acids is 2. The third kappa shape index (κ3) is 8.40. The fraction of sp³-hybridized carbons (Fsp3) is 0.400. The molecule has 2 aromatic carbocycles. The van der Waals surface area contributed by atoms with E-state index in [2.05, 4.69) is 26.0 Å². The number of anilines is 1. The topological polar surface area (TPSA) is 140 Å². The lowest BCUT2D eigenvalue weighted by Gasteiger charge is -2.22. The van der Waals surface area contributed by atoms with Gasteiger partial charge in [-0.3, -0.25) is 9.59 Å². The molecule has 0 bridgehead atoms. The van der Waals surface area contributed by atoms with E-state index >= 15 is 0 Å². The van der Waals surface area contributed by atoms with Gasteiger partial charge in [0.15, 0.2) is 6.61 Å². The van der Waals surface area contributed by atoms with Crippen molar-refractivity contribution in [1.82, 2.24) is 5.32 Å². The number of hydrogen-bond donors (Lipinski definition) is 3. The number of aryl methyl sites for hydroxylation is 1. The first kappa shape index (κ1) is 25.7. The molecule has 1 aliphatic rings. The number of ether oxygens (including phenoxy) is 1. The van der Waals surface area contributed by atoms with Gasteiger partial charge in [-0.2, -0.15) is 5.11 Å². The van der Waals surface area contributed by atoms with Crippen molar-refractivity contribution in [3.8, 4) is 5.75 Å². The van der Waals surface area contributed by atoms with E-state index in [0.29, 0.717) is 22.8 Å². The van der Waals surface area contributed by atoms with Crippen LogP contribution in [0.25, 0.3) is 0 Å². The average Bonchev–Trinajstić information content (AvgIpc) is 2.84.